The van der Waals surface area contributed by atoms with Crippen LogP contribution >= 0.6 is 24.2 Å². The maximum Gasteiger partial charge on any atom is 0.223 e. The second kappa shape index (κ2) is 13.9. The molecule has 0 aliphatic rings. The van der Waals surface area contributed by atoms with Crippen molar-refractivity contribution in [2.75, 3.05) is 32.4 Å². The first-order valence-corrected chi connectivity index (χ1v) is 12.6. The third-order valence-electron chi connectivity index (χ3n) is 5.04. The predicted octanol–water partition coefficient (Wildman–Crippen LogP) is 5.32. The molecule has 1 unspecified atom stereocenters. The Morgan fingerprint density at radius 2 is 2.00 bits per heavy atom. The van der Waals surface area contributed by atoms with Crippen LogP contribution in [0.2, 0.25) is 5.02 Å². The highest BCUT2D eigenvalue weighted by atomic mass is 35.5. The van der Waals surface area contributed by atoms with E-state index in [1.165, 1.54) is 5.57 Å². The fraction of sp³-hybridized carbons (Fsp3) is 0.458. The van der Waals surface area contributed by atoms with Gasteiger partial charge in [0.25, 0.3) is 0 Å². The number of hydrogen-bond acceptors (Lipinski definition) is 4. The van der Waals surface area contributed by atoms with Crippen LogP contribution in [0.4, 0.5) is 0 Å². The van der Waals surface area contributed by atoms with E-state index in [9.17, 15) is 9.00 Å². The molecule has 1 aromatic carbocycles. The first-order chi connectivity index (χ1) is 14.5. The predicted molar refractivity (Wildman–Crippen MR) is 139 cm³/mol. The highest BCUT2D eigenvalue weighted by molar-refractivity contribution is 7.89. The first kappa shape index (κ1) is 27.7. The van der Waals surface area contributed by atoms with Crippen LogP contribution in [0.3, 0.4) is 0 Å². The monoisotopic (exact) mass is 482 g/mol. The molecule has 1 rings (SSSR count). The maximum absolute atomic E-state index is 12.5. The maximum atomic E-state index is 12.5. The topological polar surface area (TPSA) is 40.6 Å². The zero-order valence-electron chi connectivity index (χ0n) is 19.2. The van der Waals surface area contributed by atoms with Gasteiger partial charge < -0.3 is 4.90 Å². The van der Waals surface area contributed by atoms with Crippen molar-refractivity contribution in [3.8, 4) is 0 Å². The van der Waals surface area contributed by atoms with E-state index in [0.717, 1.165) is 24.2 Å². The van der Waals surface area contributed by atoms with Crippen molar-refractivity contribution < 1.29 is 9.00 Å². The van der Waals surface area contributed by atoms with Crippen molar-refractivity contribution in [3.05, 3.63) is 62.9 Å². The summed E-state index contributed by atoms with van der Waals surface area (Å²) >= 11 is 10.2. The van der Waals surface area contributed by atoms with Gasteiger partial charge in [0.2, 0.25) is 5.91 Å². The van der Waals surface area contributed by atoms with E-state index in [0.29, 0.717) is 22.5 Å². The summed E-state index contributed by atoms with van der Waals surface area (Å²) in [7, 11) is 0.489. The lowest BCUT2D eigenvalue weighted by atomic mass is 10.1. The molecule has 0 bridgehead atoms. The van der Waals surface area contributed by atoms with Crippen molar-refractivity contribution in [1.82, 2.24) is 9.80 Å². The third-order valence-corrected chi connectivity index (χ3v) is 7.01. The van der Waals surface area contributed by atoms with E-state index >= 15 is 0 Å². The van der Waals surface area contributed by atoms with Crippen LogP contribution in [0, 0.1) is 6.92 Å². The molecule has 4 nitrogen and oxygen atoms in total. The van der Waals surface area contributed by atoms with E-state index in [1.54, 1.807) is 18.0 Å². The highest BCUT2D eigenvalue weighted by Gasteiger charge is 2.15. The molecule has 1 amide bonds. The number of amides is 1. The molecule has 172 valence electrons. The van der Waals surface area contributed by atoms with E-state index in [1.807, 2.05) is 43.5 Å². The fourth-order valence-electron chi connectivity index (χ4n) is 2.84. The van der Waals surface area contributed by atoms with Gasteiger partial charge in [-0.1, -0.05) is 35.9 Å². The number of carbonyl (C=O) groups is 1. The van der Waals surface area contributed by atoms with Gasteiger partial charge in [-0.3, -0.25) is 13.9 Å². The molecule has 7 heteroatoms. The smallest absolute Gasteiger partial charge is 0.223 e. The van der Waals surface area contributed by atoms with E-state index in [4.69, 9.17) is 11.6 Å². The second-order valence-electron chi connectivity index (χ2n) is 7.96. The van der Waals surface area contributed by atoms with Crippen molar-refractivity contribution in [3.63, 3.8) is 0 Å². The van der Waals surface area contributed by atoms with Crippen molar-refractivity contribution >= 4 is 47.0 Å². The van der Waals surface area contributed by atoms with E-state index in [2.05, 4.69) is 38.0 Å². The molecule has 1 atom stereocenters. The lowest BCUT2D eigenvalue weighted by Gasteiger charge is -2.29. The van der Waals surface area contributed by atoms with Gasteiger partial charge in [0.15, 0.2) is 0 Å². The zero-order valence-corrected chi connectivity index (χ0v) is 21.7. The van der Waals surface area contributed by atoms with Crippen LogP contribution in [0.25, 0.3) is 6.08 Å². The van der Waals surface area contributed by atoms with Crippen molar-refractivity contribution in [2.45, 2.75) is 40.2 Å². The number of hydrogen-bond donors (Lipinski definition) is 1. The minimum Gasteiger partial charge on any atom is -0.344 e. The Balaban J connectivity index is 2.52. The molecule has 0 fully saturated rings. The number of aryl methyl sites for hydroxylation is 1. The van der Waals surface area contributed by atoms with Gasteiger partial charge in [0, 0.05) is 54.8 Å². The van der Waals surface area contributed by atoms with Crippen LogP contribution in [0.5, 0.6) is 0 Å². The molecule has 0 aromatic heterocycles. The fourth-order valence-corrected chi connectivity index (χ4v) is 3.94. The quantitative estimate of drug-likeness (QED) is 0.324. The normalized spacial score (nSPS) is 13.3. The molecule has 0 spiro atoms. The van der Waals surface area contributed by atoms with Gasteiger partial charge in [-0.15, -0.1) is 0 Å². The lowest BCUT2D eigenvalue weighted by molar-refractivity contribution is -0.129. The van der Waals surface area contributed by atoms with Crippen LogP contribution in [0.15, 0.2) is 46.7 Å². The summed E-state index contributed by atoms with van der Waals surface area (Å²) in [5.74, 6) is 0.247. The van der Waals surface area contributed by atoms with Gasteiger partial charge in [0.05, 0.1) is 10.8 Å². The molecule has 0 heterocycles. The molecule has 0 aliphatic carbocycles. The largest absolute Gasteiger partial charge is 0.344 e. The number of halogens is 1. The summed E-state index contributed by atoms with van der Waals surface area (Å²) in [6.45, 7) is 14.4. The molecule has 31 heavy (non-hydrogen) atoms. The number of allylic oxidation sites excluding steroid dienone is 1. The van der Waals surface area contributed by atoms with E-state index < -0.39 is 10.8 Å². The molecule has 0 aliphatic heterocycles. The summed E-state index contributed by atoms with van der Waals surface area (Å²) in [6, 6.07) is 6.00. The van der Waals surface area contributed by atoms with E-state index in [-0.39, 0.29) is 18.1 Å². The molecule has 0 saturated carbocycles. The molecular weight excluding hydrogens is 448 g/mol. The molecule has 0 N–H and O–H groups in total. The summed E-state index contributed by atoms with van der Waals surface area (Å²) in [4.78, 5) is 17.0. The van der Waals surface area contributed by atoms with Gasteiger partial charge in [0.1, 0.15) is 0 Å². The van der Waals surface area contributed by atoms with Gasteiger partial charge in [-0.05, 0) is 62.4 Å². The third kappa shape index (κ3) is 10.2. The average molecular weight is 483 g/mol. The zero-order chi connectivity index (χ0) is 23.6. The molecule has 0 saturated heterocycles. The Hall–Kier alpha value is -1.34. The van der Waals surface area contributed by atoms with Crippen LogP contribution < -0.4 is 0 Å². The lowest BCUT2D eigenvalue weighted by Crippen LogP contribution is -2.40. The Bertz CT molecular complexity index is 850. The number of rotatable bonds is 12. The number of nitrogens with zero attached hydrogens (tertiary/aromatic N) is 2. The van der Waals surface area contributed by atoms with Gasteiger partial charge in [-0.2, -0.15) is 12.6 Å². The molecule has 1 aromatic rings. The van der Waals surface area contributed by atoms with Gasteiger partial charge >= 0.3 is 0 Å². The Labute approximate surface area is 200 Å². The molecular formula is C24H35ClN2O2S2. The molecule has 0 radical (unpaired) electrons. The Morgan fingerprint density at radius 1 is 1.32 bits per heavy atom. The summed E-state index contributed by atoms with van der Waals surface area (Å²) in [5.41, 5.74) is 3.21. The summed E-state index contributed by atoms with van der Waals surface area (Å²) in [6.07, 6.45) is 3.82. The first-order valence-electron chi connectivity index (χ1n) is 10.3. The number of thiol groups is 1. The Morgan fingerprint density at radius 3 is 2.61 bits per heavy atom. The summed E-state index contributed by atoms with van der Waals surface area (Å²) in [5, 5.41) is 2.47. The SMILES string of the molecule is C=C(/C=C\c1cc(Cl)ccc1C)S(=O)CCC(=O)N(C)CCN(C/C(C)=C/S)C(C)C. The summed E-state index contributed by atoms with van der Waals surface area (Å²) < 4.78 is 12.5. The minimum absolute atomic E-state index is 0.0130. The number of carbonyl (C=O) groups excluding carboxylic acids is 1. The van der Waals surface area contributed by atoms with Crippen LogP contribution in [-0.4, -0.2) is 58.4 Å². The van der Waals surface area contributed by atoms with Crippen LogP contribution in [-0.2, 0) is 15.6 Å². The van der Waals surface area contributed by atoms with Gasteiger partial charge in [-0.25, -0.2) is 0 Å². The average Bonchev–Trinajstić information content (AvgIpc) is 2.74. The van der Waals surface area contributed by atoms with Crippen LogP contribution in [0.1, 0.15) is 38.3 Å². The van der Waals surface area contributed by atoms with Crippen molar-refractivity contribution in [1.29, 1.82) is 0 Å². The van der Waals surface area contributed by atoms with Crippen molar-refractivity contribution in [2.24, 2.45) is 0 Å². The second-order valence-corrected chi connectivity index (χ2v) is 10.3. The highest BCUT2D eigenvalue weighted by Crippen LogP contribution is 2.18. The standard InChI is InChI=1S/C24H35ClN2O2S2/c1-18(2)27(16-19(3)17-30)13-12-26(6)24(28)11-14-31(29)21(5)8-9-22-15-23(25)10-7-20(22)4/h7-10,15,17-18,30H,5,11-14,16H2,1-4,6H3/b9-8-,19-17+. The number of likely N-dealkylation sites (N-methyl/N-ethyl adjacent to an activating group) is 1. The minimum atomic E-state index is -1.30. The Kier molecular flexibility index (Phi) is 12.5. The number of benzene rings is 1.